The Bertz CT molecular complexity index is 518. The summed E-state index contributed by atoms with van der Waals surface area (Å²) < 4.78 is 7.52. The molecule has 0 N–H and O–H groups in total. The molecule has 18 heavy (non-hydrogen) atoms. The van der Waals surface area contributed by atoms with Crippen LogP contribution in [0.5, 0.6) is 0 Å². The third-order valence-corrected chi connectivity index (χ3v) is 3.44. The van der Waals surface area contributed by atoms with Gasteiger partial charge in [0.2, 0.25) is 0 Å². The Kier molecular flexibility index (Phi) is 3.15. The fourth-order valence-corrected chi connectivity index (χ4v) is 2.53. The molecule has 2 aromatic rings. The normalized spacial score (nSPS) is 20.2. The molecule has 0 aromatic carbocycles. The Labute approximate surface area is 106 Å². The molecule has 0 bridgehead atoms. The summed E-state index contributed by atoms with van der Waals surface area (Å²) in [5, 5.41) is 0. The van der Waals surface area contributed by atoms with Crippen LogP contribution in [0.15, 0.2) is 24.8 Å². The Hall–Kier alpha value is -1.62. The molecule has 5 heteroatoms. The molecule has 3 rings (SSSR count). The minimum Gasteiger partial charge on any atom is -0.381 e. The summed E-state index contributed by atoms with van der Waals surface area (Å²) in [6.07, 6.45) is 9.89. The van der Waals surface area contributed by atoms with Gasteiger partial charge in [-0.2, -0.15) is 0 Å². The van der Waals surface area contributed by atoms with Gasteiger partial charge >= 0.3 is 0 Å². The lowest BCUT2D eigenvalue weighted by Crippen LogP contribution is -2.31. The number of rotatable bonds is 3. The molecule has 5 nitrogen and oxygen atoms in total. The highest BCUT2D eigenvalue weighted by Crippen LogP contribution is 2.20. The van der Waals surface area contributed by atoms with Crippen molar-refractivity contribution < 1.29 is 4.74 Å². The third-order valence-electron chi connectivity index (χ3n) is 3.44. The van der Waals surface area contributed by atoms with Crippen LogP contribution < -0.4 is 4.90 Å². The number of fused-ring (bicyclic) bond motifs is 1. The molecule has 3 heterocycles. The van der Waals surface area contributed by atoms with Gasteiger partial charge in [0.05, 0.1) is 6.61 Å². The van der Waals surface area contributed by atoms with Crippen molar-refractivity contribution in [3.8, 4) is 0 Å². The van der Waals surface area contributed by atoms with Crippen molar-refractivity contribution in [2.45, 2.75) is 12.8 Å². The van der Waals surface area contributed by atoms with Gasteiger partial charge in [-0.3, -0.25) is 0 Å². The average Bonchev–Trinajstić information content (AvgIpc) is 2.87. The van der Waals surface area contributed by atoms with E-state index in [0.717, 1.165) is 31.2 Å². The van der Waals surface area contributed by atoms with Crippen molar-refractivity contribution in [2.24, 2.45) is 5.92 Å². The number of aromatic nitrogens is 3. The molecule has 1 atom stereocenters. The maximum Gasteiger partial charge on any atom is 0.180 e. The molecule has 1 aliphatic heterocycles. The summed E-state index contributed by atoms with van der Waals surface area (Å²) in [7, 11) is 2.08. The number of hydrogen-bond donors (Lipinski definition) is 0. The number of anilines is 1. The standard InChI is InChI=1S/C13H18N4O/c1-16(9-11-3-2-8-18-10-11)12-13-15-5-7-17(13)6-4-14-12/h4-7,11H,2-3,8-10H2,1H3/t11-/m1/s1. The molecule has 0 saturated carbocycles. The largest absolute Gasteiger partial charge is 0.381 e. The predicted molar refractivity (Wildman–Crippen MR) is 69.8 cm³/mol. The molecular weight excluding hydrogens is 228 g/mol. The zero-order valence-electron chi connectivity index (χ0n) is 10.6. The van der Waals surface area contributed by atoms with E-state index < -0.39 is 0 Å². The van der Waals surface area contributed by atoms with Crippen molar-refractivity contribution >= 4 is 11.5 Å². The van der Waals surface area contributed by atoms with E-state index in [1.54, 1.807) is 6.20 Å². The Morgan fingerprint density at radius 1 is 1.39 bits per heavy atom. The van der Waals surface area contributed by atoms with Crippen LogP contribution in [-0.2, 0) is 4.74 Å². The number of nitrogens with zero attached hydrogens (tertiary/aromatic N) is 4. The number of hydrogen-bond acceptors (Lipinski definition) is 4. The smallest absolute Gasteiger partial charge is 0.180 e. The van der Waals surface area contributed by atoms with Gasteiger partial charge in [-0.05, 0) is 18.8 Å². The summed E-state index contributed by atoms with van der Waals surface area (Å²) in [6, 6.07) is 0. The van der Waals surface area contributed by atoms with Crippen LogP contribution in [0.25, 0.3) is 5.65 Å². The Balaban J connectivity index is 1.78. The lowest BCUT2D eigenvalue weighted by Gasteiger charge is -2.27. The van der Waals surface area contributed by atoms with E-state index in [2.05, 4.69) is 21.9 Å². The van der Waals surface area contributed by atoms with E-state index in [0.29, 0.717) is 5.92 Å². The zero-order valence-corrected chi connectivity index (χ0v) is 10.6. The zero-order chi connectivity index (χ0) is 12.4. The number of imidazole rings is 1. The minimum absolute atomic E-state index is 0.598. The van der Waals surface area contributed by atoms with E-state index in [4.69, 9.17) is 4.74 Å². The molecule has 96 valence electrons. The second kappa shape index (κ2) is 4.94. The van der Waals surface area contributed by atoms with Crippen LogP contribution in [0.1, 0.15) is 12.8 Å². The molecule has 1 fully saturated rings. The van der Waals surface area contributed by atoms with Crippen LogP contribution in [0, 0.1) is 5.92 Å². The fourth-order valence-electron chi connectivity index (χ4n) is 2.53. The molecule has 2 aromatic heterocycles. The van der Waals surface area contributed by atoms with Crippen molar-refractivity contribution in [2.75, 3.05) is 31.7 Å². The van der Waals surface area contributed by atoms with Crippen molar-refractivity contribution in [1.29, 1.82) is 0 Å². The second-order valence-electron chi connectivity index (χ2n) is 4.87. The first kappa shape index (κ1) is 11.5. The fraction of sp³-hybridized carbons (Fsp3) is 0.538. The second-order valence-corrected chi connectivity index (χ2v) is 4.87. The SMILES string of the molecule is CN(C[C@H]1CCCOC1)c1nccn2ccnc12. The summed E-state index contributed by atoms with van der Waals surface area (Å²) in [5.74, 6) is 1.54. The van der Waals surface area contributed by atoms with Crippen molar-refractivity contribution in [1.82, 2.24) is 14.4 Å². The highest BCUT2D eigenvalue weighted by molar-refractivity contribution is 5.63. The predicted octanol–water partition coefficient (Wildman–Crippen LogP) is 1.59. The highest BCUT2D eigenvalue weighted by atomic mass is 16.5. The first-order valence-corrected chi connectivity index (χ1v) is 6.41. The van der Waals surface area contributed by atoms with E-state index in [9.17, 15) is 0 Å². The maximum atomic E-state index is 5.52. The van der Waals surface area contributed by atoms with Gasteiger partial charge in [-0.25, -0.2) is 9.97 Å². The number of ether oxygens (including phenoxy) is 1. The van der Waals surface area contributed by atoms with E-state index >= 15 is 0 Å². The summed E-state index contributed by atoms with van der Waals surface area (Å²) in [6.45, 7) is 2.75. The lowest BCUT2D eigenvalue weighted by atomic mass is 10.0. The molecule has 0 unspecified atom stereocenters. The molecular formula is C13H18N4O. The summed E-state index contributed by atoms with van der Waals surface area (Å²) in [4.78, 5) is 11.0. The summed E-state index contributed by atoms with van der Waals surface area (Å²) >= 11 is 0. The molecule has 1 aliphatic rings. The molecule has 0 radical (unpaired) electrons. The van der Waals surface area contributed by atoms with Crippen LogP contribution >= 0.6 is 0 Å². The molecule has 1 saturated heterocycles. The monoisotopic (exact) mass is 246 g/mol. The van der Waals surface area contributed by atoms with Gasteiger partial charge < -0.3 is 14.0 Å². The highest BCUT2D eigenvalue weighted by Gasteiger charge is 2.18. The van der Waals surface area contributed by atoms with Gasteiger partial charge in [-0.15, -0.1) is 0 Å². The van der Waals surface area contributed by atoms with Gasteiger partial charge in [0.25, 0.3) is 0 Å². The Morgan fingerprint density at radius 2 is 2.22 bits per heavy atom. The average molecular weight is 246 g/mol. The van der Waals surface area contributed by atoms with Gasteiger partial charge in [0.1, 0.15) is 0 Å². The van der Waals surface area contributed by atoms with Crippen molar-refractivity contribution in [3.05, 3.63) is 24.8 Å². The first-order valence-electron chi connectivity index (χ1n) is 6.41. The molecule has 0 aliphatic carbocycles. The van der Waals surface area contributed by atoms with Crippen LogP contribution in [0.2, 0.25) is 0 Å². The topological polar surface area (TPSA) is 42.7 Å². The van der Waals surface area contributed by atoms with Gasteiger partial charge in [0, 0.05) is 45.0 Å². The summed E-state index contributed by atoms with van der Waals surface area (Å²) in [5.41, 5.74) is 0.914. The minimum atomic E-state index is 0.598. The van der Waals surface area contributed by atoms with Crippen LogP contribution in [0.3, 0.4) is 0 Å². The van der Waals surface area contributed by atoms with Gasteiger partial charge in [0.15, 0.2) is 11.5 Å². The lowest BCUT2D eigenvalue weighted by molar-refractivity contribution is 0.0576. The van der Waals surface area contributed by atoms with E-state index in [1.807, 2.05) is 23.0 Å². The molecule has 0 spiro atoms. The van der Waals surface area contributed by atoms with Crippen LogP contribution in [0.4, 0.5) is 5.82 Å². The van der Waals surface area contributed by atoms with Crippen molar-refractivity contribution in [3.63, 3.8) is 0 Å². The maximum absolute atomic E-state index is 5.52. The quantitative estimate of drug-likeness (QED) is 0.825. The van der Waals surface area contributed by atoms with E-state index in [1.165, 1.54) is 12.8 Å². The molecule has 0 amide bonds. The van der Waals surface area contributed by atoms with Crippen LogP contribution in [-0.4, -0.2) is 41.2 Å². The Morgan fingerprint density at radius 3 is 3.00 bits per heavy atom. The van der Waals surface area contributed by atoms with E-state index in [-0.39, 0.29) is 0 Å². The van der Waals surface area contributed by atoms with Gasteiger partial charge in [-0.1, -0.05) is 0 Å². The third kappa shape index (κ3) is 2.18. The first-order chi connectivity index (χ1) is 8.84.